The predicted octanol–water partition coefficient (Wildman–Crippen LogP) is 15.8. The van der Waals surface area contributed by atoms with E-state index in [1.165, 1.54) is 27.1 Å². The Kier molecular flexibility index (Phi) is 8.79. The zero-order valence-corrected chi connectivity index (χ0v) is 37.3. The van der Waals surface area contributed by atoms with Gasteiger partial charge in [-0.25, -0.2) is 9.97 Å². The van der Waals surface area contributed by atoms with Gasteiger partial charge in [0.05, 0.1) is 44.3 Å². The Hall–Kier alpha value is -9.39. The summed E-state index contributed by atoms with van der Waals surface area (Å²) >= 11 is 0. The van der Waals surface area contributed by atoms with Crippen LogP contribution in [-0.4, -0.2) is 28.7 Å². The van der Waals surface area contributed by atoms with E-state index in [0.29, 0.717) is 5.82 Å². The summed E-state index contributed by atoms with van der Waals surface area (Å²) in [7, 11) is 0. The van der Waals surface area contributed by atoms with Crippen molar-refractivity contribution in [3.8, 4) is 62.1 Å². The number of fused-ring (bicyclic) bond motifs is 9. The first-order valence-corrected chi connectivity index (χ1v) is 23.3. The van der Waals surface area contributed by atoms with Crippen LogP contribution in [0.15, 0.2) is 243 Å². The van der Waals surface area contributed by atoms with Crippen molar-refractivity contribution < 1.29 is 0 Å². The molecule has 0 unspecified atom stereocenters. The van der Waals surface area contributed by atoms with Crippen LogP contribution in [0.4, 0.5) is 0 Å². The SMILES string of the molecule is c1ccc(-c2cc(-n3c4ccccc4c4ccc(-c5ccc6c(c5)c5ccccc5n6-c5ccc(-c6ccc7c(c6)c6ncccc6n7-c6ccccc6)cc5)cc43)nc(-c3ccccc3)n2)cc1. The molecule has 69 heavy (non-hydrogen) atoms. The molecule has 0 spiro atoms. The number of rotatable bonds is 7. The second kappa shape index (κ2) is 15.6. The molecule has 322 valence electrons. The second-order valence-electron chi connectivity index (χ2n) is 17.7. The largest absolute Gasteiger partial charge is 0.309 e. The first-order valence-electron chi connectivity index (χ1n) is 23.3. The molecule has 0 aliphatic heterocycles. The van der Waals surface area contributed by atoms with Crippen molar-refractivity contribution in [1.29, 1.82) is 0 Å². The quantitative estimate of drug-likeness (QED) is 0.160. The summed E-state index contributed by atoms with van der Waals surface area (Å²) in [5, 5.41) is 5.91. The zero-order valence-electron chi connectivity index (χ0n) is 37.3. The number of benzene rings is 9. The molecule has 0 N–H and O–H groups in total. The molecule has 0 bridgehead atoms. The molecule has 0 saturated carbocycles. The average Bonchev–Trinajstić information content (AvgIpc) is 4.06. The van der Waals surface area contributed by atoms with E-state index in [2.05, 4.69) is 220 Å². The fraction of sp³-hybridized carbons (Fsp3) is 0. The summed E-state index contributed by atoms with van der Waals surface area (Å²) in [5.41, 5.74) is 17.5. The van der Waals surface area contributed by atoms with Crippen LogP contribution in [0.25, 0.3) is 128 Å². The van der Waals surface area contributed by atoms with Crippen LogP contribution in [0.5, 0.6) is 0 Å². The van der Waals surface area contributed by atoms with E-state index >= 15 is 0 Å². The lowest BCUT2D eigenvalue weighted by molar-refractivity contribution is 1.05. The van der Waals surface area contributed by atoms with Gasteiger partial charge in [0.1, 0.15) is 5.82 Å². The van der Waals surface area contributed by atoms with E-state index in [1.807, 2.05) is 36.5 Å². The summed E-state index contributed by atoms with van der Waals surface area (Å²) in [6.07, 6.45) is 1.88. The summed E-state index contributed by atoms with van der Waals surface area (Å²) in [6, 6.07) is 84.3. The third-order valence-corrected chi connectivity index (χ3v) is 13.7. The highest BCUT2D eigenvalue weighted by Gasteiger charge is 2.20. The first-order chi connectivity index (χ1) is 34.2. The van der Waals surface area contributed by atoms with Crippen molar-refractivity contribution in [3.05, 3.63) is 243 Å². The summed E-state index contributed by atoms with van der Waals surface area (Å²) in [5.74, 6) is 1.51. The fourth-order valence-corrected chi connectivity index (χ4v) is 10.5. The topological polar surface area (TPSA) is 53.5 Å². The molecule has 0 aliphatic carbocycles. The second-order valence-corrected chi connectivity index (χ2v) is 17.7. The van der Waals surface area contributed by atoms with Crippen LogP contribution in [0.3, 0.4) is 0 Å². The van der Waals surface area contributed by atoms with E-state index < -0.39 is 0 Å². The van der Waals surface area contributed by atoms with Gasteiger partial charge in [0.25, 0.3) is 0 Å². The molecule has 0 aliphatic rings. The Morgan fingerprint density at radius 1 is 0.275 bits per heavy atom. The van der Waals surface area contributed by atoms with Gasteiger partial charge in [-0.3, -0.25) is 9.55 Å². The number of hydrogen-bond donors (Lipinski definition) is 0. The standard InChI is InChI=1S/C63H40N6/c1-4-15-42(16-5-1)54-40-61(66-63(65-54)43-17-6-2-7-18-43)69-56-24-13-10-21-49(56)51-33-28-46(39-60(51)69)45-30-34-57-52(37-45)50-22-11-12-23-55(50)67(57)48-31-26-41(27-32-48)44-29-35-58-53(38-44)62-59(25-14-36-64-62)68(58)47-19-8-3-9-20-47/h1-40H. The molecule has 6 heteroatoms. The highest BCUT2D eigenvalue weighted by molar-refractivity contribution is 6.13. The van der Waals surface area contributed by atoms with Crippen molar-refractivity contribution in [3.63, 3.8) is 0 Å². The normalized spacial score (nSPS) is 11.8. The molecule has 5 aromatic heterocycles. The minimum absolute atomic E-state index is 0.688. The first kappa shape index (κ1) is 38.8. The molecule has 6 nitrogen and oxygen atoms in total. The van der Waals surface area contributed by atoms with Crippen LogP contribution in [0.1, 0.15) is 0 Å². The maximum absolute atomic E-state index is 5.28. The number of aromatic nitrogens is 6. The molecule has 5 heterocycles. The van der Waals surface area contributed by atoms with Gasteiger partial charge < -0.3 is 9.13 Å². The van der Waals surface area contributed by atoms with Crippen molar-refractivity contribution in [2.45, 2.75) is 0 Å². The smallest absolute Gasteiger partial charge is 0.162 e. The maximum Gasteiger partial charge on any atom is 0.162 e. The highest BCUT2D eigenvalue weighted by Crippen LogP contribution is 2.40. The van der Waals surface area contributed by atoms with Crippen LogP contribution >= 0.6 is 0 Å². The molecular formula is C63H40N6. The van der Waals surface area contributed by atoms with E-state index in [4.69, 9.17) is 15.0 Å². The molecule has 0 radical (unpaired) electrons. The molecule has 0 atom stereocenters. The average molecular weight is 881 g/mol. The molecule has 0 fully saturated rings. The summed E-state index contributed by atoms with van der Waals surface area (Å²) < 4.78 is 7.00. The van der Waals surface area contributed by atoms with E-state index in [0.717, 1.165) is 94.8 Å². The molecule has 9 aromatic carbocycles. The van der Waals surface area contributed by atoms with E-state index in [1.54, 1.807) is 0 Å². The number of para-hydroxylation sites is 3. The third kappa shape index (κ3) is 6.30. The lowest BCUT2D eigenvalue weighted by atomic mass is 10.0. The Morgan fingerprint density at radius 2 is 0.783 bits per heavy atom. The van der Waals surface area contributed by atoms with E-state index in [9.17, 15) is 0 Å². The third-order valence-electron chi connectivity index (χ3n) is 13.7. The van der Waals surface area contributed by atoms with Gasteiger partial charge in [0, 0.05) is 61.7 Å². The predicted molar refractivity (Wildman–Crippen MR) is 285 cm³/mol. The van der Waals surface area contributed by atoms with Crippen molar-refractivity contribution in [2.24, 2.45) is 0 Å². The molecule has 0 amide bonds. The van der Waals surface area contributed by atoms with Gasteiger partial charge >= 0.3 is 0 Å². The summed E-state index contributed by atoms with van der Waals surface area (Å²) in [6.45, 7) is 0. The van der Waals surface area contributed by atoms with Gasteiger partial charge in [0.15, 0.2) is 5.82 Å². The Labute approximate surface area is 397 Å². The van der Waals surface area contributed by atoms with Gasteiger partial charge in [-0.2, -0.15) is 0 Å². The lowest BCUT2D eigenvalue weighted by Crippen LogP contribution is -2.02. The molecule has 0 saturated heterocycles. The van der Waals surface area contributed by atoms with Crippen LogP contribution < -0.4 is 0 Å². The lowest BCUT2D eigenvalue weighted by Gasteiger charge is -2.13. The minimum atomic E-state index is 0.688. The Balaban J connectivity index is 0.873. The summed E-state index contributed by atoms with van der Waals surface area (Å²) in [4.78, 5) is 15.2. The van der Waals surface area contributed by atoms with Crippen molar-refractivity contribution in [2.75, 3.05) is 0 Å². The number of hydrogen-bond acceptors (Lipinski definition) is 3. The van der Waals surface area contributed by atoms with E-state index in [-0.39, 0.29) is 0 Å². The monoisotopic (exact) mass is 880 g/mol. The van der Waals surface area contributed by atoms with Gasteiger partial charge in [-0.15, -0.1) is 0 Å². The van der Waals surface area contributed by atoms with Gasteiger partial charge in [0.2, 0.25) is 0 Å². The molecule has 14 aromatic rings. The fourth-order valence-electron chi connectivity index (χ4n) is 10.5. The maximum atomic E-state index is 5.28. The van der Waals surface area contributed by atoms with Crippen molar-refractivity contribution >= 4 is 65.5 Å². The van der Waals surface area contributed by atoms with Crippen molar-refractivity contribution in [1.82, 2.24) is 28.7 Å². The Morgan fingerprint density at radius 3 is 1.54 bits per heavy atom. The highest BCUT2D eigenvalue weighted by atomic mass is 15.1. The van der Waals surface area contributed by atoms with Crippen LogP contribution in [0.2, 0.25) is 0 Å². The molecule has 14 rings (SSSR count). The van der Waals surface area contributed by atoms with Crippen LogP contribution in [0, 0.1) is 0 Å². The van der Waals surface area contributed by atoms with Gasteiger partial charge in [-0.05, 0) is 101 Å². The number of nitrogens with zero attached hydrogens (tertiary/aromatic N) is 6. The number of pyridine rings is 1. The Bertz CT molecular complexity index is 4220. The zero-order chi connectivity index (χ0) is 45.4. The molecular weight excluding hydrogens is 841 g/mol. The van der Waals surface area contributed by atoms with Gasteiger partial charge in [-0.1, -0.05) is 152 Å². The minimum Gasteiger partial charge on any atom is -0.309 e. The van der Waals surface area contributed by atoms with Crippen LogP contribution in [-0.2, 0) is 0 Å².